The second-order valence-electron chi connectivity index (χ2n) is 6.10. The van der Waals surface area contributed by atoms with Gasteiger partial charge in [-0.15, -0.1) is 21.5 Å². The lowest BCUT2D eigenvalue weighted by Crippen LogP contribution is -2.34. The number of nitrogens with zero attached hydrogens (tertiary/aromatic N) is 3. The summed E-state index contributed by atoms with van der Waals surface area (Å²) in [5.41, 5.74) is 1.25. The lowest BCUT2D eigenvalue weighted by atomic mass is 10.2. The van der Waals surface area contributed by atoms with E-state index in [-0.39, 0.29) is 12.5 Å². The van der Waals surface area contributed by atoms with Gasteiger partial charge in [0.2, 0.25) is 11.8 Å². The third-order valence-electron chi connectivity index (χ3n) is 3.88. The SMILES string of the molecule is CCc1sc(-c2nnc(CN(C)CC(=O)NCc3ccco3)o2)cc1C. The van der Waals surface area contributed by atoms with Crippen LogP contribution in [-0.2, 0) is 24.3 Å². The normalized spacial score (nSPS) is 11.2. The van der Waals surface area contributed by atoms with Gasteiger partial charge in [-0.25, -0.2) is 0 Å². The fourth-order valence-corrected chi connectivity index (χ4v) is 3.62. The molecule has 0 saturated carbocycles. The Kier molecular flexibility index (Phi) is 5.85. The molecular weight excluding hydrogens is 352 g/mol. The molecule has 0 radical (unpaired) electrons. The predicted octanol–water partition coefficient (Wildman–Crippen LogP) is 3.01. The number of aromatic nitrogens is 2. The Hall–Kier alpha value is -2.45. The molecule has 1 amide bonds. The van der Waals surface area contributed by atoms with Crippen LogP contribution in [0.1, 0.15) is 29.0 Å². The van der Waals surface area contributed by atoms with E-state index >= 15 is 0 Å². The molecule has 1 N–H and O–H groups in total. The molecule has 0 spiro atoms. The van der Waals surface area contributed by atoms with E-state index < -0.39 is 0 Å². The smallest absolute Gasteiger partial charge is 0.257 e. The molecule has 26 heavy (non-hydrogen) atoms. The van der Waals surface area contributed by atoms with Crippen LogP contribution >= 0.6 is 11.3 Å². The van der Waals surface area contributed by atoms with Crippen molar-refractivity contribution in [3.63, 3.8) is 0 Å². The van der Waals surface area contributed by atoms with E-state index in [1.54, 1.807) is 23.7 Å². The Morgan fingerprint density at radius 1 is 1.38 bits per heavy atom. The number of thiophene rings is 1. The van der Waals surface area contributed by atoms with Crippen LogP contribution < -0.4 is 5.32 Å². The van der Waals surface area contributed by atoms with Crippen molar-refractivity contribution in [3.05, 3.63) is 46.6 Å². The third-order valence-corrected chi connectivity index (χ3v) is 5.25. The topological polar surface area (TPSA) is 84.4 Å². The zero-order valence-electron chi connectivity index (χ0n) is 15.1. The van der Waals surface area contributed by atoms with Gasteiger partial charge in [0.25, 0.3) is 5.89 Å². The van der Waals surface area contributed by atoms with Gasteiger partial charge in [-0.3, -0.25) is 9.69 Å². The van der Waals surface area contributed by atoms with Gasteiger partial charge in [0.15, 0.2) is 0 Å². The zero-order valence-corrected chi connectivity index (χ0v) is 15.9. The third kappa shape index (κ3) is 4.59. The number of aryl methyl sites for hydroxylation is 2. The Morgan fingerprint density at radius 3 is 2.92 bits per heavy atom. The van der Waals surface area contributed by atoms with Gasteiger partial charge >= 0.3 is 0 Å². The van der Waals surface area contributed by atoms with E-state index in [0.29, 0.717) is 24.9 Å². The van der Waals surface area contributed by atoms with Crippen molar-refractivity contribution in [1.82, 2.24) is 20.4 Å². The van der Waals surface area contributed by atoms with Crippen molar-refractivity contribution in [1.29, 1.82) is 0 Å². The molecule has 0 atom stereocenters. The van der Waals surface area contributed by atoms with Crippen LogP contribution in [0.3, 0.4) is 0 Å². The van der Waals surface area contributed by atoms with Crippen LogP contribution in [0.2, 0.25) is 0 Å². The van der Waals surface area contributed by atoms with Gasteiger partial charge in [-0.05, 0) is 44.2 Å². The summed E-state index contributed by atoms with van der Waals surface area (Å²) in [6, 6.07) is 5.69. The van der Waals surface area contributed by atoms with E-state index in [2.05, 4.69) is 35.4 Å². The summed E-state index contributed by atoms with van der Waals surface area (Å²) in [4.78, 5) is 16.1. The lowest BCUT2D eigenvalue weighted by Gasteiger charge is -2.13. The van der Waals surface area contributed by atoms with Gasteiger partial charge in [0.05, 0.1) is 30.8 Å². The zero-order chi connectivity index (χ0) is 18.5. The van der Waals surface area contributed by atoms with Crippen LogP contribution in [0.15, 0.2) is 33.3 Å². The van der Waals surface area contributed by atoms with E-state index in [1.165, 1.54) is 10.4 Å². The van der Waals surface area contributed by atoms with E-state index in [4.69, 9.17) is 8.83 Å². The predicted molar refractivity (Wildman–Crippen MR) is 98.6 cm³/mol. The fraction of sp³-hybridized carbons (Fsp3) is 0.389. The summed E-state index contributed by atoms with van der Waals surface area (Å²) in [6.07, 6.45) is 2.58. The quantitative estimate of drug-likeness (QED) is 0.652. The molecule has 0 aromatic carbocycles. The summed E-state index contributed by atoms with van der Waals surface area (Å²) < 4.78 is 10.9. The maximum Gasteiger partial charge on any atom is 0.257 e. The maximum atomic E-state index is 12.0. The second kappa shape index (κ2) is 8.29. The minimum absolute atomic E-state index is 0.0925. The lowest BCUT2D eigenvalue weighted by molar-refractivity contribution is -0.122. The van der Waals surface area contributed by atoms with Crippen LogP contribution in [-0.4, -0.2) is 34.6 Å². The van der Waals surface area contributed by atoms with Crippen LogP contribution in [0.5, 0.6) is 0 Å². The number of rotatable bonds is 8. The van der Waals surface area contributed by atoms with Crippen molar-refractivity contribution in [2.75, 3.05) is 13.6 Å². The molecule has 0 aliphatic carbocycles. The molecule has 0 bridgehead atoms. The first-order chi connectivity index (χ1) is 12.5. The average molecular weight is 374 g/mol. The minimum Gasteiger partial charge on any atom is -0.467 e. The highest BCUT2D eigenvalue weighted by molar-refractivity contribution is 7.15. The first-order valence-corrected chi connectivity index (χ1v) is 9.26. The molecule has 3 aromatic heterocycles. The second-order valence-corrected chi connectivity index (χ2v) is 7.24. The molecule has 0 aliphatic heterocycles. The molecule has 7 nitrogen and oxygen atoms in total. The largest absolute Gasteiger partial charge is 0.467 e. The van der Waals surface area contributed by atoms with Gasteiger partial charge in [0, 0.05) is 4.88 Å². The number of hydrogen-bond donors (Lipinski definition) is 1. The average Bonchev–Trinajstić information content (AvgIpc) is 3.33. The highest BCUT2D eigenvalue weighted by Crippen LogP contribution is 2.30. The first kappa shape index (κ1) is 18.3. The number of hydrogen-bond acceptors (Lipinski definition) is 7. The van der Waals surface area contributed by atoms with E-state index in [0.717, 1.165) is 17.1 Å². The van der Waals surface area contributed by atoms with Gasteiger partial charge in [-0.2, -0.15) is 0 Å². The molecule has 138 valence electrons. The van der Waals surface area contributed by atoms with Crippen LogP contribution in [0, 0.1) is 6.92 Å². The van der Waals surface area contributed by atoms with Gasteiger partial charge < -0.3 is 14.2 Å². The van der Waals surface area contributed by atoms with Gasteiger partial charge in [-0.1, -0.05) is 6.92 Å². The highest BCUT2D eigenvalue weighted by atomic mass is 32.1. The number of furan rings is 1. The molecule has 0 aliphatic rings. The Labute approximate surface area is 156 Å². The monoisotopic (exact) mass is 374 g/mol. The summed E-state index contributed by atoms with van der Waals surface area (Å²) in [5, 5.41) is 11.0. The van der Waals surface area contributed by atoms with Crippen LogP contribution in [0.25, 0.3) is 10.8 Å². The van der Waals surface area contributed by atoms with Crippen LogP contribution in [0.4, 0.5) is 0 Å². The maximum absolute atomic E-state index is 12.0. The number of nitrogens with one attached hydrogen (secondary N) is 1. The Morgan fingerprint density at radius 2 is 2.23 bits per heavy atom. The van der Waals surface area contributed by atoms with Crippen molar-refractivity contribution in [2.45, 2.75) is 33.4 Å². The molecule has 3 heterocycles. The summed E-state index contributed by atoms with van der Waals surface area (Å²) >= 11 is 1.68. The Balaban J connectivity index is 1.52. The number of amides is 1. The summed E-state index contributed by atoms with van der Waals surface area (Å²) in [5.74, 6) is 1.65. The fourth-order valence-electron chi connectivity index (χ4n) is 2.58. The summed E-state index contributed by atoms with van der Waals surface area (Å²) in [7, 11) is 1.83. The molecule has 0 saturated heterocycles. The van der Waals surface area contributed by atoms with Crippen molar-refractivity contribution in [2.24, 2.45) is 0 Å². The van der Waals surface area contributed by atoms with E-state index in [9.17, 15) is 4.79 Å². The summed E-state index contributed by atoms with van der Waals surface area (Å²) in [6.45, 7) is 5.24. The van der Waals surface area contributed by atoms with E-state index in [1.807, 2.05) is 18.0 Å². The molecule has 0 unspecified atom stereocenters. The highest BCUT2D eigenvalue weighted by Gasteiger charge is 2.15. The first-order valence-electron chi connectivity index (χ1n) is 8.44. The minimum atomic E-state index is -0.0925. The van der Waals surface area contributed by atoms with Crippen molar-refractivity contribution < 1.29 is 13.6 Å². The number of carbonyl (C=O) groups excluding carboxylic acids is 1. The number of likely N-dealkylation sites (N-methyl/N-ethyl adjacent to an activating group) is 1. The molecule has 8 heteroatoms. The molecule has 3 rings (SSSR count). The molecular formula is C18H22N4O3S. The Bertz CT molecular complexity index is 854. The molecule has 3 aromatic rings. The van der Waals surface area contributed by atoms with Crippen molar-refractivity contribution >= 4 is 17.2 Å². The van der Waals surface area contributed by atoms with Crippen molar-refractivity contribution in [3.8, 4) is 10.8 Å². The van der Waals surface area contributed by atoms with Gasteiger partial charge in [0.1, 0.15) is 5.76 Å². The standard InChI is InChI=1S/C18H22N4O3S/c1-4-14-12(2)8-15(26-14)18-21-20-17(25-18)11-22(3)10-16(23)19-9-13-6-5-7-24-13/h5-8H,4,9-11H2,1-3H3,(H,19,23). The number of carbonyl (C=O) groups is 1. The molecule has 0 fully saturated rings.